The number of thiophene rings is 1. The first-order valence-electron chi connectivity index (χ1n) is 8.41. The molecule has 1 saturated heterocycles. The fraction of sp³-hybridized carbons (Fsp3) is 0.389. The lowest BCUT2D eigenvalue weighted by Crippen LogP contribution is -2.45. The molecule has 1 aliphatic rings. The summed E-state index contributed by atoms with van der Waals surface area (Å²) in [7, 11) is -2.05. The number of amides is 1. The molecule has 2 heterocycles. The fourth-order valence-electron chi connectivity index (χ4n) is 3.05. The van der Waals surface area contributed by atoms with Gasteiger partial charge < -0.3 is 10.1 Å². The van der Waals surface area contributed by atoms with E-state index in [1.54, 1.807) is 19.2 Å². The Labute approximate surface area is 157 Å². The van der Waals surface area contributed by atoms with Crippen molar-refractivity contribution in [2.24, 2.45) is 0 Å². The first kappa shape index (κ1) is 18.9. The zero-order valence-electron chi connectivity index (χ0n) is 14.8. The fourth-order valence-corrected chi connectivity index (χ4v) is 6.11. The molecule has 0 spiro atoms. The van der Waals surface area contributed by atoms with E-state index < -0.39 is 16.1 Å². The minimum absolute atomic E-state index is 0.262. The quantitative estimate of drug-likeness (QED) is 0.817. The lowest BCUT2D eigenvalue weighted by atomic mass is 10.2. The highest BCUT2D eigenvalue weighted by Crippen LogP contribution is 2.30. The van der Waals surface area contributed by atoms with Gasteiger partial charge in [-0.1, -0.05) is 12.1 Å². The monoisotopic (exact) mass is 394 g/mol. The highest BCUT2D eigenvalue weighted by Gasteiger charge is 2.39. The van der Waals surface area contributed by atoms with Gasteiger partial charge in [-0.2, -0.15) is 4.31 Å². The van der Waals surface area contributed by atoms with Gasteiger partial charge in [-0.25, -0.2) is 8.42 Å². The Morgan fingerprint density at radius 3 is 2.85 bits per heavy atom. The molecule has 1 fully saturated rings. The van der Waals surface area contributed by atoms with Crippen molar-refractivity contribution in [3.05, 3.63) is 46.8 Å². The van der Waals surface area contributed by atoms with Gasteiger partial charge in [0.1, 0.15) is 16.0 Å². The van der Waals surface area contributed by atoms with E-state index in [0.29, 0.717) is 30.1 Å². The summed E-state index contributed by atoms with van der Waals surface area (Å²) in [5.41, 5.74) is 0.902. The molecule has 6 nitrogen and oxygen atoms in total. The number of carbonyl (C=O) groups excluding carboxylic acids is 1. The van der Waals surface area contributed by atoms with E-state index in [0.717, 1.165) is 16.2 Å². The highest BCUT2D eigenvalue weighted by molar-refractivity contribution is 7.91. The lowest BCUT2D eigenvalue weighted by molar-refractivity contribution is -0.124. The third-order valence-electron chi connectivity index (χ3n) is 4.39. The molecule has 1 aliphatic heterocycles. The Bertz CT molecular complexity index is 892. The molecule has 0 aliphatic carbocycles. The summed E-state index contributed by atoms with van der Waals surface area (Å²) in [4.78, 5) is 13.6. The van der Waals surface area contributed by atoms with E-state index in [1.165, 1.54) is 15.6 Å². The van der Waals surface area contributed by atoms with Crippen LogP contribution in [0.4, 0.5) is 0 Å². The van der Waals surface area contributed by atoms with E-state index in [4.69, 9.17) is 4.74 Å². The van der Waals surface area contributed by atoms with Gasteiger partial charge in [-0.05, 0) is 49.6 Å². The molecule has 140 valence electrons. The molecule has 0 radical (unpaired) electrons. The van der Waals surface area contributed by atoms with Gasteiger partial charge in [0.15, 0.2) is 0 Å². The number of hydrogen-bond donors (Lipinski definition) is 1. The number of sulfonamides is 1. The van der Waals surface area contributed by atoms with Crippen LogP contribution in [0.5, 0.6) is 5.75 Å². The SMILES string of the molecule is COc1cccc(CNC(=O)[C@H]2CCCN2S(=O)(=O)c2ccc(C)s2)c1. The molecular weight excluding hydrogens is 372 g/mol. The molecule has 3 rings (SSSR count). The Hall–Kier alpha value is -1.90. The predicted molar refractivity (Wildman–Crippen MR) is 101 cm³/mol. The van der Waals surface area contributed by atoms with Crippen LogP contribution in [-0.2, 0) is 21.4 Å². The van der Waals surface area contributed by atoms with E-state index in [1.807, 2.05) is 31.2 Å². The van der Waals surface area contributed by atoms with Crippen LogP contribution in [-0.4, -0.2) is 38.3 Å². The van der Waals surface area contributed by atoms with Gasteiger partial charge in [0.25, 0.3) is 10.0 Å². The lowest BCUT2D eigenvalue weighted by Gasteiger charge is -2.22. The minimum Gasteiger partial charge on any atom is -0.497 e. The summed E-state index contributed by atoms with van der Waals surface area (Å²) in [6.07, 6.45) is 1.22. The molecule has 0 unspecified atom stereocenters. The molecule has 26 heavy (non-hydrogen) atoms. The van der Waals surface area contributed by atoms with Gasteiger partial charge in [-0.3, -0.25) is 4.79 Å². The second kappa shape index (κ2) is 7.77. The van der Waals surface area contributed by atoms with E-state index in [2.05, 4.69) is 5.32 Å². The first-order valence-corrected chi connectivity index (χ1v) is 10.7. The maximum atomic E-state index is 12.9. The van der Waals surface area contributed by atoms with Crippen molar-refractivity contribution < 1.29 is 17.9 Å². The summed E-state index contributed by atoms with van der Waals surface area (Å²) >= 11 is 1.23. The molecule has 1 N–H and O–H groups in total. The average molecular weight is 395 g/mol. The molecule has 1 amide bonds. The van der Waals surface area contributed by atoms with Crippen LogP contribution in [0.3, 0.4) is 0 Å². The second-order valence-corrected chi connectivity index (χ2v) is 9.61. The van der Waals surface area contributed by atoms with E-state index in [9.17, 15) is 13.2 Å². The van der Waals surface area contributed by atoms with Crippen molar-refractivity contribution >= 4 is 27.3 Å². The van der Waals surface area contributed by atoms with Gasteiger partial charge in [0.05, 0.1) is 7.11 Å². The van der Waals surface area contributed by atoms with Crippen LogP contribution < -0.4 is 10.1 Å². The third-order valence-corrected chi connectivity index (χ3v) is 7.76. The second-order valence-electron chi connectivity index (χ2n) is 6.21. The Balaban J connectivity index is 1.70. The number of nitrogens with one attached hydrogen (secondary N) is 1. The maximum Gasteiger partial charge on any atom is 0.253 e. The Morgan fingerprint density at radius 1 is 1.35 bits per heavy atom. The number of nitrogens with zero attached hydrogens (tertiary/aromatic N) is 1. The van der Waals surface area contributed by atoms with Crippen LogP contribution in [0.15, 0.2) is 40.6 Å². The molecule has 0 bridgehead atoms. The third kappa shape index (κ3) is 3.92. The van der Waals surface area contributed by atoms with E-state index in [-0.39, 0.29) is 5.91 Å². The number of methoxy groups -OCH3 is 1. The van der Waals surface area contributed by atoms with E-state index >= 15 is 0 Å². The number of rotatable bonds is 6. The van der Waals surface area contributed by atoms with Crippen LogP contribution in [0.1, 0.15) is 23.3 Å². The Kier molecular flexibility index (Phi) is 5.64. The topological polar surface area (TPSA) is 75.7 Å². The number of hydrogen-bond acceptors (Lipinski definition) is 5. The average Bonchev–Trinajstić information content (AvgIpc) is 3.29. The zero-order chi connectivity index (χ0) is 18.7. The normalized spacial score (nSPS) is 18.0. The summed E-state index contributed by atoms with van der Waals surface area (Å²) in [6.45, 7) is 2.57. The largest absolute Gasteiger partial charge is 0.497 e. The van der Waals surface area contributed by atoms with Crippen LogP contribution in [0.25, 0.3) is 0 Å². The minimum atomic E-state index is -3.63. The van der Waals surface area contributed by atoms with Crippen molar-refractivity contribution in [2.45, 2.75) is 36.6 Å². The van der Waals surface area contributed by atoms with Gasteiger partial charge in [0, 0.05) is 18.0 Å². The number of carbonyl (C=O) groups is 1. The standard InChI is InChI=1S/C18H22N2O4S2/c1-13-8-9-17(25-13)26(22,23)20-10-4-7-16(20)18(21)19-12-14-5-3-6-15(11-14)24-2/h3,5-6,8-9,11,16H,4,7,10,12H2,1-2H3,(H,19,21)/t16-/m1/s1. The number of aryl methyl sites for hydroxylation is 1. The van der Waals surface area contributed by atoms with Crippen LogP contribution in [0.2, 0.25) is 0 Å². The van der Waals surface area contributed by atoms with Crippen molar-refractivity contribution in [3.8, 4) is 5.75 Å². The summed E-state index contributed by atoms with van der Waals surface area (Å²) in [5, 5.41) is 2.85. The summed E-state index contributed by atoms with van der Waals surface area (Å²) in [5.74, 6) is 0.456. The van der Waals surface area contributed by atoms with Gasteiger partial charge >= 0.3 is 0 Å². The highest BCUT2D eigenvalue weighted by atomic mass is 32.2. The van der Waals surface area contributed by atoms with Gasteiger partial charge in [-0.15, -0.1) is 11.3 Å². The number of benzene rings is 1. The molecule has 1 aromatic carbocycles. The van der Waals surface area contributed by atoms with Crippen molar-refractivity contribution in [1.82, 2.24) is 9.62 Å². The molecule has 1 aromatic heterocycles. The molecular formula is C18H22N2O4S2. The van der Waals surface area contributed by atoms with Gasteiger partial charge in [0.2, 0.25) is 5.91 Å². The first-order chi connectivity index (χ1) is 12.4. The van der Waals surface area contributed by atoms with Crippen molar-refractivity contribution in [3.63, 3.8) is 0 Å². The molecule has 1 atom stereocenters. The summed E-state index contributed by atoms with van der Waals surface area (Å²) < 4.78 is 32.5. The van der Waals surface area contributed by atoms with Crippen LogP contribution >= 0.6 is 11.3 Å². The maximum absolute atomic E-state index is 12.9. The smallest absolute Gasteiger partial charge is 0.253 e. The molecule has 2 aromatic rings. The van der Waals surface area contributed by atoms with Crippen molar-refractivity contribution in [2.75, 3.05) is 13.7 Å². The van der Waals surface area contributed by atoms with Crippen molar-refractivity contribution in [1.29, 1.82) is 0 Å². The zero-order valence-corrected chi connectivity index (χ0v) is 16.4. The Morgan fingerprint density at radius 2 is 2.15 bits per heavy atom. The molecule has 0 saturated carbocycles. The van der Waals surface area contributed by atoms with Crippen LogP contribution in [0, 0.1) is 6.92 Å². The number of ether oxygens (including phenoxy) is 1. The summed E-state index contributed by atoms with van der Waals surface area (Å²) in [6, 6.07) is 10.2. The predicted octanol–water partition coefficient (Wildman–Crippen LogP) is 2.53. The molecule has 8 heteroatoms.